The minimum Gasteiger partial charge on any atom is -0.497 e. The molecule has 0 saturated heterocycles. The first-order valence-corrected chi connectivity index (χ1v) is 7.54. The molecule has 0 radical (unpaired) electrons. The van der Waals surface area contributed by atoms with E-state index in [-0.39, 0.29) is 6.42 Å². The number of aromatic nitrogens is 1. The smallest absolute Gasteiger partial charge is 0.305 e. The maximum absolute atomic E-state index is 12.6. The largest absolute Gasteiger partial charge is 0.497 e. The molecule has 1 aromatic carbocycles. The summed E-state index contributed by atoms with van der Waals surface area (Å²) in [6, 6.07) is 4.18. The Balaban J connectivity index is 2.37. The molecule has 0 aliphatic carbocycles. The Morgan fingerprint density at radius 2 is 2.00 bits per heavy atom. The Morgan fingerprint density at radius 3 is 2.52 bits per heavy atom. The van der Waals surface area contributed by atoms with E-state index < -0.39 is 17.9 Å². The molecule has 2 rings (SSSR count). The molecule has 0 fully saturated rings. The van der Waals surface area contributed by atoms with E-state index in [1.807, 2.05) is 0 Å². The van der Waals surface area contributed by atoms with Gasteiger partial charge in [0.2, 0.25) is 0 Å². The number of nitrogens with one attached hydrogen (secondary N) is 1. The van der Waals surface area contributed by atoms with Gasteiger partial charge in [0.15, 0.2) is 0 Å². The number of methoxy groups -OCH3 is 2. The van der Waals surface area contributed by atoms with E-state index in [1.54, 1.807) is 32.0 Å². The summed E-state index contributed by atoms with van der Waals surface area (Å²) in [6.45, 7) is 3.26. The number of amides is 1. The van der Waals surface area contributed by atoms with Crippen LogP contribution in [0.5, 0.6) is 11.5 Å². The number of rotatable bonds is 7. The zero-order valence-corrected chi connectivity index (χ0v) is 14.5. The van der Waals surface area contributed by atoms with Gasteiger partial charge >= 0.3 is 5.97 Å². The molecule has 0 bridgehead atoms. The van der Waals surface area contributed by atoms with E-state index in [1.165, 1.54) is 14.2 Å². The molecule has 25 heavy (non-hydrogen) atoms. The van der Waals surface area contributed by atoms with Gasteiger partial charge in [-0.15, -0.1) is 0 Å². The van der Waals surface area contributed by atoms with Crippen LogP contribution in [-0.4, -0.2) is 36.4 Å². The third-order valence-electron chi connectivity index (χ3n) is 3.76. The fourth-order valence-electron chi connectivity index (χ4n) is 2.56. The third kappa shape index (κ3) is 4.09. The first-order valence-electron chi connectivity index (χ1n) is 7.54. The summed E-state index contributed by atoms with van der Waals surface area (Å²) >= 11 is 0. The lowest BCUT2D eigenvalue weighted by atomic mass is 10.0. The van der Waals surface area contributed by atoms with Crippen molar-refractivity contribution in [1.82, 2.24) is 10.5 Å². The lowest BCUT2D eigenvalue weighted by molar-refractivity contribution is -0.137. The van der Waals surface area contributed by atoms with E-state index >= 15 is 0 Å². The standard InChI is InChI=1S/C17H20N2O6/c1-9-16(10(2)25-19-9)17(22)18-13(8-15(20)21)12-6-5-11(23-3)7-14(12)24-4/h5-7,13H,8H2,1-4H3,(H,18,22)(H,20,21). The molecule has 8 nitrogen and oxygen atoms in total. The van der Waals surface area contributed by atoms with Crippen molar-refractivity contribution in [3.05, 3.63) is 40.8 Å². The number of carboxylic acid groups (broad SMARTS) is 1. The highest BCUT2D eigenvalue weighted by atomic mass is 16.5. The summed E-state index contributed by atoms with van der Waals surface area (Å²) in [6.07, 6.45) is -0.308. The van der Waals surface area contributed by atoms with Crippen LogP contribution in [0.3, 0.4) is 0 Å². The average Bonchev–Trinajstić information content (AvgIpc) is 2.91. The Bertz CT molecular complexity index is 764. The molecule has 1 aromatic heterocycles. The molecular formula is C17H20N2O6. The summed E-state index contributed by atoms with van der Waals surface area (Å²) in [4.78, 5) is 23.8. The van der Waals surface area contributed by atoms with Crippen molar-refractivity contribution in [1.29, 1.82) is 0 Å². The third-order valence-corrected chi connectivity index (χ3v) is 3.76. The van der Waals surface area contributed by atoms with Gasteiger partial charge in [0.25, 0.3) is 5.91 Å². The van der Waals surface area contributed by atoms with Crippen LogP contribution in [0.15, 0.2) is 22.7 Å². The SMILES string of the molecule is COc1ccc(C(CC(=O)O)NC(=O)c2c(C)noc2C)c(OC)c1. The lowest BCUT2D eigenvalue weighted by Gasteiger charge is -2.20. The van der Waals surface area contributed by atoms with Gasteiger partial charge in [-0.2, -0.15) is 0 Å². The number of hydrogen-bond donors (Lipinski definition) is 2. The average molecular weight is 348 g/mol. The number of benzene rings is 1. The zero-order chi connectivity index (χ0) is 18.6. The van der Waals surface area contributed by atoms with Crippen LogP contribution in [0.25, 0.3) is 0 Å². The summed E-state index contributed by atoms with van der Waals surface area (Å²) in [7, 11) is 2.98. The van der Waals surface area contributed by atoms with E-state index in [0.717, 1.165) is 0 Å². The van der Waals surface area contributed by atoms with Gasteiger partial charge in [-0.25, -0.2) is 0 Å². The second kappa shape index (κ2) is 7.69. The van der Waals surface area contributed by atoms with Gasteiger partial charge in [-0.1, -0.05) is 5.16 Å². The van der Waals surface area contributed by atoms with E-state index in [0.29, 0.717) is 34.1 Å². The predicted molar refractivity (Wildman–Crippen MR) is 88.0 cm³/mol. The van der Waals surface area contributed by atoms with Crippen LogP contribution >= 0.6 is 0 Å². The second-order valence-corrected chi connectivity index (χ2v) is 5.43. The molecule has 2 aromatic rings. The fraction of sp³-hybridized carbons (Fsp3) is 0.353. The normalized spacial score (nSPS) is 11.7. The van der Waals surface area contributed by atoms with Crippen molar-refractivity contribution < 1.29 is 28.7 Å². The van der Waals surface area contributed by atoms with Crippen molar-refractivity contribution in [2.75, 3.05) is 14.2 Å². The van der Waals surface area contributed by atoms with Gasteiger partial charge in [-0.3, -0.25) is 9.59 Å². The minimum absolute atomic E-state index is 0.294. The van der Waals surface area contributed by atoms with Gasteiger partial charge < -0.3 is 24.4 Å². The molecular weight excluding hydrogens is 328 g/mol. The van der Waals surface area contributed by atoms with Gasteiger partial charge in [0.1, 0.15) is 22.8 Å². The number of carboxylic acids is 1. The lowest BCUT2D eigenvalue weighted by Crippen LogP contribution is -2.31. The van der Waals surface area contributed by atoms with Crippen molar-refractivity contribution in [3.63, 3.8) is 0 Å². The molecule has 1 heterocycles. The van der Waals surface area contributed by atoms with Gasteiger partial charge in [-0.05, 0) is 26.0 Å². The fourth-order valence-corrected chi connectivity index (χ4v) is 2.56. The summed E-state index contributed by atoms with van der Waals surface area (Å²) in [5, 5.41) is 15.7. The molecule has 0 aliphatic rings. The number of hydrogen-bond acceptors (Lipinski definition) is 6. The van der Waals surface area contributed by atoms with E-state index in [9.17, 15) is 14.7 Å². The highest BCUT2D eigenvalue weighted by Gasteiger charge is 2.25. The maximum atomic E-state index is 12.6. The number of ether oxygens (including phenoxy) is 2. The second-order valence-electron chi connectivity index (χ2n) is 5.43. The monoisotopic (exact) mass is 348 g/mol. The first-order chi connectivity index (χ1) is 11.9. The highest BCUT2D eigenvalue weighted by molar-refractivity contribution is 5.96. The van der Waals surface area contributed by atoms with Crippen molar-refractivity contribution in [2.45, 2.75) is 26.3 Å². The van der Waals surface area contributed by atoms with E-state index in [2.05, 4.69) is 10.5 Å². The van der Waals surface area contributed by atoms with Crippen LogP contribution in [0.4, 0.5) is 0 Å². The van der Waals surface area contributed by atoms with Crippen molar-refractivity contribution in [3.8, 4) is 11.5 Å². The Morgan fingerprint density at radius 1 is 1.28 bits per heavy atom. The van der Waals surface area contributed by atoms with Crippen LogP contribution in [-0.2, 0) is 4.79 Å². The number of nitrogens with zero attached hydrogens (tertiary/aromatic N) is 1. The molecule has 1 amide bonds. The van der Waals surface area contributed by atoms with Crippen molar-refractivity contribution >= 4 is 11.9 Å². The van der Waals surface area contributed by atoms with E-state index in [4.69, 9.17) is 14.0 Å². The molecule has 0 aliphatic heterocycles. The molecule has 1 atom stereocenters. The zero-order valence-electron chi connectivity index (χ0n) is 14.5. The van der Waals surface area contributed by atoms with Crippen molar-refractivity contribution in [2.24, 2.45) is 0 Å². The van der Waals surface area contributed by atoms with Gasteiger partial charge in [0, 0.05) is 11.6 Å². The number of aryl methyl sites for hydroxylation is 2. The first kappa shape index (κ1) is 18.3. The highest BCUT2D eigenvalue weighted by Crippen LogP contribution is 2.31. The summed E-state index contributed by atoms with van der Waals surface area (Å²) in [5.74, 6) is -0.163. The number of carbonyl (C=O) groups excluding carboxylic acids is 1. The molecule has 8 heteroatoms. The molecule has 134 valence electrons. The topological polar surface area (TPSA) is 111 Å². The van der Waals surface area contributed by atoms with Crippen LogP contribution in [0, 0.1) is 13.8 Å². The summed E-state index contributed by atoms with van der Waals surface area (Å²) in [5.41, 5.74) is 1.26. The molecule has 1 unspecified atom stereocenters. The maximum Gasteiger partial charge on any atom is 0.305 e. The molecule has 0 saturated carbocycles. The minimum atomic E-state index is -1.05. The van der Waals surface area contributed by atoms with Crippen LogP contribution < -0.4 is 14.8 Å². The van der Waals surface area contributed by atoms with Crippen LogP contribution in [0.2, 0.25) is 0 Å². The Hall–Kier alpha value is -3.03. The summed E-state index contributed by atoms with van der Waals surface area (Å²) < 4.78 is 15.4. The molecule has 0 spiro atoms. The predicted octanol–water partition coefficient (Wildman–Crippen LogP) is 2.25. The van der Waals surface area contributed by atoms with Crippen LogP contribution in [0.1, 0.15) is 39.8 Å². The Kier molecular flexibility index (Phi) is 5.63. The number of aliphatic carboxylic acids is 1. The number of carbonyl (C=O) groups is 2. The molecule has 2 N–H and O–H groups in total. The van der Waals surface area contributed by atoms with Gasteiger partial charge in [0.05, 0.1) is 32.4 Å². The Labute approximate surface area is 144 Å². The quantitative estimate of drug-likeness (QED) is 0.789.